The molecule has 1 aromatic heterocycles. The monoisotopic (exact) mass is 199 g/mol. The van der Waals surface area contributed by atoms with Crippen molar-refractivity contribution in [3.63, 3.8) is 0 Å². The van der Waals surface area contributed by atoms with Crippen LogP contribution in [0.15, 0.2) is 12.4 Å². The highest BCUT2D eigenvalue weighted by molar-refractivity contribution is 5.72. The molecule has 1 unspecified atom stereocenters. The second-order valence-corrected chi connectivity index (χ2v) is 2.93. The third-order valence-corrected chi connectivity index (χ3v) is 1.63. The Labute approximate surface area is 83.6 Å². The molecule has 5 nitrogen and oxygen atoms in total. The maximum absolute atomic E-state index is 9.57. The van der Waals surface area contributed by atoms with Gasteiger partial charge in [0.05, 0.1) is 0 Å². The molecule has 5 heteroatoms. The molecule has 0 aliphatic carbocycles. The molecule has 1 rings (SSSR count). The molecule has 0 spiro atoms. The molecule has 0 saturated carbocycles. The number of carbonyl (C=O) groups is 1. The number of rotatable bonds is 2. The van der Waals surface area contributed by atoms with Crippen LogP contribution in [0.2, 0.25) is 0 Å². The SMILES string of the molecule is CC(N)C(=O)O.CCc1nccn1C. The molecule has 0 aromatic carbocycles. The summed E-state index contributed by atoms with van der Waals surface area (Å²) in [6.07, 6.45) is 4.79. The van der Waals surface area contributed by atoms with Crippen LogP contribution in [0.1, 0.15) is 19.7 Å². The van der Waals surface area contributed by atoms with Crippen molar-refractivity contribution in [2.75, 3.05) is 0 Å². The van der Waals surface area contributed by atoms with Gasteiger partial charge in [0.2, 0.25) is 0 Å². The molecule has 3 N–H and O–H groups in total. The lowest BCUT2D eigenvalue weighted by Gasteiger charge is -1.92. The molecular weight excluding hydrogens is 182 g/mol. The van der Waals surface area contributed by atoms with Gasteiger partial charge in [0.1, 0.15) is 11.9 Å². The quantitative estimate of drug-likeness (QED) is 0.722. The lowest BCUT2D eigenvalue weighted by atomic mass is 10.4. The molecule has 0 aliphatic rings. The van der Waals surface area contributed by atoms with Gasteiger partial charge in [-0.2, -0.15) is 0 Å². The summed E-state index contributed by atoms with van der Waals surface area (Å²) in [6, 6.07) is -0.731. The minimum atomic E-state index is -0.963. The van der Waals surface area contributed by atoms with E-state index in [4.69, 9.17) is 10.8 Å². The highest BCUT2D eigenvalue weighted by Crippen LogP contribution is 1.92. The summed E-state index contributed by atoms with van der Waals surface area (Å²) >= 11 is 0. The van der Waals surface area contributed by atoms with Crippen LogP contribution in [0.4, 0.5) is 0 Å². The Kier molecular flexibility index (Phi) is 5.55. The van der Waals surface area contributed by atoms with Crippen LogP contribution in [-0.4, -0.2) is 26.7 Å². The number of hydrogen-bond donors (Lipinski definition) is 2. The third-order valence-electron chi connectivity index (χ3n) is 1.63. The van der Waals surface area contributed by atoms with E-state index in [0.717, 1.165) is 12.2 Å². The van der Waals surface area contributed by atoms with Gasteiger partial charge in [-0.25, -0.2) is 4.98 Å². The van der Waals surface area contributed by atoms with E-state index >= 15 is 0 Å². The number of nitrogens with two attached hydrogens (primary N) is 1. The predicted molar refractivity (Wildman–Crippen MR) is 53.9 cm³/mol. The minimum Gasteiger partial charge on any atom is -0.480 e. The molecule has 0 amide bonds. The number of carboxylic acids is 1. The molecule has 0 radical (unpaired) electrons. The van der Waals surface area contributed by atoms with Crippen molar-refractivity contribution >= 4 is 5.97 Å². The Morgan fingerprint density at radius 2 is 2.29 bits per heavy atom. The van der Waals surface area contributed by atoms with E-state index in [0.29, 0.717) is 0 Å². The Balaban J connectivity index is 0.000000255. The predicted octanol–water partition coefficient (Wildman–Crippen LogP) is 0.401. The van der Waals surface area contributed by atoms with Crippen molar-refractivity contribution in [2.24, 2.45) is 12.8 Å². The molecule has 80 valence electrons. The average Bonchev–Trinajstić information content (AvgIpc) is 2.51. The number of aliphatic carboxylic acids is 1. The Morgan fingerprint density at radius 1 is 1.79 bits per heavy atom. The maximum Gasteiger partial charge on any atom is 0.320 e. The van der Waals surface area contributed by atoms with Gasteiger partial charge in [0.25, 0.3) is 0 Å². The topological polar surface area (TPSA) is 81.1 Å². The highest BCUT2D eigenvalue weighted by atomic mass is 16.4. The Morgan fingerprint density at radius 3 is 2.43 bits per heavy atom. The molecule has 1 heterocycles. The fourth-order valence-corrected chi connectivity index (χ4v) is 0.737. The number of aromatic nitrogens is 2. The normalized spacial score (nSPS) is 11.4. The van der Waals surface area contributed by atoms with Crippen LogP contribution in [0, 0.1) is 0 Å². The molecule has 0 fully saturated rings. The van der Waals surface area contributed by atoms with Gasteiger partial charge >= 0.3 is 5.97 Å². The number of aryl methyl sites for hydroxylation is 2. The van der Waals surface area contributed by atoms with Crippen LogP contribution in [-0.2, 0) is 18.3 Å². The first kappa shape index (κ1) is 12.6. The van der Waals surface area contributed by atoms with Gasteiger partial charge in [-0.05, 0) is 6.92 Å². The minimum absolute atomic E-state index is 0.731. The molecule has 0 saturated heterocycles. The van der Waals surface area contributed by atoms with Crippen LogP contribution in [0.25, 0.3) is 0 Å². The summed E-state index contributed by atoms with van der Waals surface area (Å²) in [5.41, 5.74) is 4.84. The standard InChI is InChI=1S/C6H10N2.C3H7NO2/c1-3-6-7-4-5-8(6)2;1-2(4)3(5)6/h4-5H,3H2,1-2H3;2H,4H2,1H3,(H,5,6). The van der Waals surface area contributed by atoms with Crippen molar-refractivity contribution in [2.45, 2.75) is 26.3 Å². The second-order valence-electron chi connectivity index (χ2n) is 2.93. The zero-order valence-corrected chi connectivity index (χ0v) is 8.77. The van der Waals surface area contributed by atoms with E-state index < -0.39 is 12.0 Å². The van der Waals surface area contributed by atoms with Gasteiger partial charge in [0.15, 0.2) is 0 Å². The summed E-state index contributed by atoms with van der Waals surface area (Å²) in [5.74, 6) is 0.181. The van der Waals surface area contributed by atoms with Gasteiger partial charge in [-0.1, -0.05) is 6.92 Å². The molecule has 14 heavy (non-hydrogen) atoms. The van der Waals surface area contributed by atoms with Gasteiger partial charge in [-0.15, -0.1) is 0 Å². The molecule has 0 bridgehead atoms. The van der Waals surface area contributed by atoms with E-state index in [1.807, 2.05) is 24.0 Å². The van der Waals surface area contributed by atoms with Gasteiger partial charge in [0, 0.05) is 25.9 Å². The smallest absolute Gasteiger partial charge is 0.320 e. The number of carboxylic acid groups (broad SMARTS) is 1. The average molecular weight is 199 g/mol. The highest BCUT2D eigenvalue weighted by Gasteiger charge is 1.99. The largest absolute Gasteiger partial charge is 0.480 e. The molecular formula is C9H17N3O2. The molecule has 1 aromatic rings. The Bertz CT molecular complexity index is 281. The van der Waals surface area contributed by atoms with E-state index in [1.165, 1.54) is 6.92 Å². The number of nitrogens with zero attached hydrogens (tertiary/aromatic N) is 2. The second kappa shape index (κ2) is 6.15. The first-order chi connectivity index (χ1) is 6.49. The van der Waals surface area contributed by atoms with E-state index in [2.05, 4.69) is 11.9 Å². The van der Waals surface area contributed by atoms with Crippen molar-refractivity contribution in [1.82, 2.24) is 9.55 Å². The van der Waals surface area contributed by atoms with Crippen molar-refractivity contribution in [3.8, 4) is 0 Å². The lowest BCUT2D eigenvalue weighted by Crippen LogP contribution is -2.25. The van der Waals surface area contributed by atoms with Crippen LogP contribution in [0.5, 0.6) is 0 Å². The summed E-state index contributed by atoms with van der Waals surface area (Å²) in [5, 5.41) is 7.87. The first-order valence-corrected chi connectivity index (χ1v) is 4.43. The van der Waals surface area contributed by atoms with Gasteiger partial charge in [-0.3, -0.25) is 4.79 Å². The maximum atomic E-state index is 9.57. The molecule has 0 aliphatic heterocycles. The number of imidazole rings is 1. The van der Waals surface area contributed by atoms with Crippen LogP contribution >= 0.6 is 0 Å². The van der Waals surface area contributed by atoms with Crippen molar-refractivity contribution in [1.29, 1.82) is 0 Å². The van der Waals surface area contributed by atoms with E-state index in [1.54, 1.807) is 0 Å². The van der Waals surface area contributed by atoms with E-state index in [9.17, 15) is 4.79 Å². The van der Waals surface area contributed by atoms with E-state index in [-0.39, 0.29) is 0 Å². The van der Waals surface area contributed by atoms with Crippen molar-refractivity contribution in [3.05, 3.63) is 18.2 Å². The summed E-state index contributed by atoms with van der Waals surface area (Å²) in [4.78, 5) is 13.7. The first-order valence-electron chi connectivity index (χ1n) is 4.43. The zero-order valence-electron chi connectivity index (χ0n) is 8.77. The lowest BCUT2D eigenvalue weighted by molar-refractivity contribution is -0.138. The summed E-state index contributed by atoms with van der Waals surface area (Å²) in [7, 11) is 2.01. The Hall–Kier alpha value is -1.36. The van der Waals surface area contributed by atoms with Crippen LogP contribution in [0.3, 0.4) is 0 Å². The van der Waals surface area contributed by atoms with Crippen LogP contribution < -0.4 is 5.73 Å². The summed E-state index contributed by atoms with van der Waals surface area (Å²) < 4.78 is 2.03. The third kappa shape index (κ3) is 4.61. The zero-order chi connectivity index (χ0) is 11.1. The summed E-state index contributed by atoms with van der Waals surface area (Å²) in [6.45, 7) is 3.52. The van der Waals surface area contributed by atoms with Crippen molar-refractivity contribution < 1.29 is 9.90 Å². The number of hydrogen-bond acceptors (Lipinski definition) is 3. The fraction of sp³-hybridized carbons (Fsp3) is 0.556. The molecule has 1 atom stereocenters. The van der Waals surface area contributed by atoms with Gasteiger partial charge < -0.3 is 15.4 Å². The fourth-order valence-electron chi connectivity index (χ4n) is 0.737.